The number of nitrogens with one attached hydrogen (secondary N) is 1. The average Bonchev–Trinajstić information content (AvgIpc) is 2.28. The number of ketones is 1. The molecule has 0 aliphatic rings. The molecule has 0 aliphatic heterocycles. The Bertz CT molecular complexity index is 405. The molecule has 0 atom stereocenters. The van der Waals surface area contributed by atoms with Gasteiger partial charge in [0.25, 0.3) is 0 Å². The summed E-state index contributed by atoms with van der Waals surface area (Å²) in [6.07, 6.45) is 1.83. The summed E-state index contributed by atoms with van der Waals surface area (Å²) in [6.45, 7) is 5.06. The SMILES string of the molecule is CC(C)NCCCC(=O)Cc1ccc(Cl)cc1Cl. The van der Waals surface area contributed by atoms with Crippen LogP contribution in [0.15, 0.2) is 18.2 Å². The molecule has 0 aromatic heterocycles. The van der Waals surface area contributed by atoms with Crippen LogP contribution in [0.5, 0.6) is 0 Å². The Hall–Kier alpha value is -0.570. The number of benzene rings is 1. The fourth-order valence-electron chi connectivity index (χ4n) is 1.64. The van der Waals surface area contributed by atoms with E-state index in [2.05, 4.69) is 19.2 Å². The molecule has 0 unspecified atom stereocenters. The van der Waals surface area contributed by atoms with Crippen LogP contribution in [0.25, 0.3) is 0 Å². The Morgan fingerprint density at radius 1 is 1.33 bits per heavy atom. The Labute approximate surface area is 119 Å². The number of carbonyl (C=O) groups is 1. The first kappa shape index (κ1) is 15.5. The van der Waals surface area contributed by atoms with Crippen molar-refractivity contribution >= 4 is 29.0 Å². The number of rotatable bonds is 7. The Morgan fingerprint density at radius 3 is 2.67 bits per heavy atom. The van der Waals surface area contributed by atoms with Gasteiger partial charge in [-0.3, -0.25) is 4.79 Å². The number of hydrogen-bond donors (Lipinski definition) is 1. The zero-order valence-corrected chi connectivity index (χ0v) is 12.3. The van der Waals surface area contributed by atoms with Crippen molar-refractivity contribution in [3.63, 3.8) is 0 Å². The van der Waals surface area contributed by atoms with E-state index in [1.807, 2.05) is 6.07 Å². The van der Waals surface area contributed by atoms with Crippen molar-refractivity contribution in [2.75, 3.05) is 6.54 Å². The third-order valence-corrected chi connectivity index (χ3v) is 3.17. The zero-order chi connectivity index (χ0) is 13.5. The van der Waals surface area contributed by atoms with Gasteiger partial charge < -0.3 is 5.32 Å². The zero-order valence-electron chi connectivity index (χ0n) is 10.8. The summed E-state index contributed by atoms with van der Waals surface area (Å²) in [5.41, 5.74) is 0.850. The smallest absolute Gasteiger partial charge is 0.137 e. The lowest BCUT2D eigenvalue weighted by atomic mass is 10.1. The molecular formula is C14H19Cl2NO. The molecule has 2 nitrogen and oxygen atoms in total. The fraction of sp³-hybridized carbons (Fsp3) is 0.500. The molecule has 100 valence electrons. The van der Waals surface area contributed by atoms with Crippen LogP contribution < -0.4 is 5.32 Å². The fourth-order valence-corrected chi connectivity index (χ4v) is 2.12. The van der Waals surface area contributed by atoms with Crippen LogP contribution in [0.4, 0.5) is 0 Å². The van der Waals surface area contributed by atoms with E-state index in [1.54, 1.807) is 12.1 Å². The number of Topliss-reactive ketones (excluding diaryl/α,β-unsaturated/α-hetero) is 1. The molecule has 4 heteroatoms. The number of carbonyl (C=O) groups excluding carboxylic acids is 1. The van der Waals surface area contributed by atoms with Crippen molar-refractivity contribution in [3.8, 4) is 0 Å². The first-order valence-electron chi connectivity index (χ1n) is 6.18. The summed E-state index contributed by atoms with van der Waals surface area (Å²) >= 11 is 11.8. The summed E-state index contributed by atoms with van der Waals surface area (Å²) in [6, 6.07) is 5.71. The van der Waals surface area contributed by atoms with Crippen molar-refractivity contribution in [2.24, 2.45) is 0 Å². The molecule has 0 spiro atoms. The standard InChI is InChI=1S/C14H19Cl2NO/c1-10(2)17-7-3-4-13(18)8-11-5-6-12(15)9-14(11)16/h5-6,9-10,17H,3-4,7-8H2,1-2H3. The van der Waals surface area contributed by atoms with Crippen LogP contribution in [0, 0.1) is 0 Å². The van der Waals surface area contributed by atoms with Gasteiger partial charge in [-0.05, 0) is 30.7 Å². The molecule has 1 N–H and O–H groups in total. The predicted molar refractivity (Wildman–Crippen MR) is 77.5 cm³/mol. The normalized spacial score (nSPS) is 10.9. The van der Waals surface area contributed by atoms with Crippen LogP contribution in [0.1, 0.15) is 32.3 Å². The molecule has 18 heavy (non-hydrogen) atoms. The molecule has 0 heterocycles. The summed E-state index contributed by atoms with van der Waals surface area (Å²) in [4.78, 5) is 11.8. The van der Waals surface area contributed by atoms with E-state index < -0.39 is 0 Å². The van der Waals surface area contributed by atoms with Gasteiger partial charge in [0.15, 0.2) is 0 Å². The van der Waals surface area contributed by atoms with Crippen LogP contribution in [-0.2, 0) is 11.2 Å². The summed E-state index contributed by atoms with van der Waals surface area (Å²) in [7, 11) is 0. The van der Waals surface area contributed by atoms with Crippen LogP contribution in [-0.4, -0.2) is 18.4 Å². The first-order chi connectivity index (χ1) is 8.49. The summed E-state index contributed by atoms with van der Waals surface area (Å²) in [5.74, 6) is 0.213. The van der Waals surface area contributed by atoms with Gasteiger partial charge in [-0.25, -0.2) is 0 Å². The van der Waals surface area contributed by atoms with Crippen molar-refractivity contribution in [1.29, 1.82) is 0 Å². The molecule has 0 bridgehead atoms. The Kier molecular flexibility index (Phi) is 6.69. The molecule has 1 aromatic carbocycles. The number of halogens is 2. The molecule has 0 saturated carbocycles. The van der Waals surface area contributed by atoms with Gasteiger partial charge in [0.05, 0.1) is 0 Å². The minimum atomic E-state index is 0.213. The van der Waals surface area contributed by atoms with Gasteiger partial charge in [-0.2, -0.15) is 0 Å². The molecule has 1 rings (SSSR count). The van der Waals surface area contributed by atoms with Crippen LogP contribution >= 0.6 is 23.2 Å². The summed E-state index contributed by atoms with van der Waals surface area (Å²) in [5, 5.41) is 4.45. The minimum absolute atomic E-state index is 0.213. The Balaban J connectivity index is 2.35. The van der Waals surface area contributed by atoms with E-state index >= 15 is 0 Å². The van der Waals surface area contributed by atoms with Crippen molar-refractivity contribution in [2.45, 2.75) is 39.2 Å². The van der Waals surface area contributed by atoms with E-state index in [0.717, 1.165) is 18.5 Å². The molecule has 0 saturated heterocycles. The van der Waals surface area contributed by atoms with Crippen molar-refractivity contribution < 1.29 is 4.79 Å². The largest absolute Gasteiger partial charge is 0.315 e. The third-order valence-electron chi connectivity index (χ3n) is 2.59. The minimum Gasteiger partial charge on any atom is -0.315 e. The lowest BCUT2D eigenvalue weighted by Gasteiger charge is -2.07. The van der Waals surface area contributed by atoms with Crippen molar-refractivity contribution in [1.82, 2.24) is 5.32 Å². The molecular weight excluding hydrogens is 269 g/mol. The van der Waals surface area contributed by atoms with Gasteiger partial charge in [0.2, 0.25) is 0 Å². The molecule has 0 amide bonds. The van der Waals surface area contributed by atoms with Crippen LogP contribution in [0.3, 0.4) is 0 Å². The molecule has 0 radical (unpaired) electrons. The lowest BCUT2D eigenvalue weighted by Crippen LogP contribution is -2.24. The van der Waals surface area contributed by atoms with E-state index in [-0.39, 0.29) is 5.78 Å². The maximum atomic E-state index is 11.8. The average molecular weight is 288 g/mol. The van der Waals surface area contributed by atoms with Gasteiger partial charge in [-0.15, -0.1) is 0 Å². The van der Waals surface area contributed by atoms with E-state index in [0.29, 0.717) is 28.9 Å². The highest BCUT2D eigenvalue weighted by Gasteiger charge is 2.07. The molecule has 1 aromatic rings. The van der Waals surface area contributed by atoms with Crippen LogP contribution in [0.2, 0.25) is 10.0 Å². The first-order valence-corrected chi connectivity index (χ1v) is 6.93. The van der Waals surface area contributed by atoms with Gasteiger partial charge in [-0.1, -0.05) is 43.1 Å². The van der Waals surface area contributed by atoms with Gasteiger partial charge in [0, 0.05) is 28.9 Å². The maximum Gasteiger partial charge on any atom is 0.137 e. The second kappa shape index (κ2) is 7.78. The molecule has 0 aliphatic carbocycles. The maximum absolute atomic E-state index is 11.8. The second-order valence-corrected chi connectivity index (χ2v) is 5.51. The lowest BCUT2D eigenvalue weighted by molar-refractivity contribution is -0.118. The second-order valence-electron chi connectivity index (χ2n) is 4.66. The highest BCUT2D eigenvalue weighted by atomic mass is 35.5. The van der Waals surface area contributed by atoms with Crippen molar-refractivity contribution in [3.05, 3.63) is 33.8 Å². The van der Waals surface area contributed by atoms with Gasteiger partial charge >= 0.3 is 0 Å². The van der Waals surface area contributed by atoms with E-state index in [4.69, 9.17) is 23.2 Å². The van der Waals surface area contributed by atoms with E-state index in [1.165, 1.54) is 0 Å². The summed E-state index contributed by atoms with van der Waals surface area (Å²) < 4.78 is 0. The highest BCUT2D eigenvalue weighted by molar-refractivity contribution is 6.35. The highest BCUT2D eigenvalue weighted by Crippen LogP contribution is 2.21. The number of hydrogen-bond acceptors (Lipinski definition) is 2. The predicted octanol–water partition coefficient (Wildman–Crippen LogP) is 3.88. The van der Waals surface area contributed by atoms with Gasteiger partial charge in [0.1, 0.15) is 5.78 Å². The monoisotopic (exact) mass is 287 g/mol. The quantitative estimate of drug-likeness (QED) is 0.771. The van der Waals surface area contributed by atoms with E-state index in [9.17, 15) is 4.79 Å². The topological polar surface area (TPSA) is 29.1 Å². The Morgan fingerprint density at radius 2 is 2.06 bits per heavy atom. The third kappa shape index (κ3) is 5.85. The molecule has 0 fully saturated rings.